The predicted molar refractivity (Wildman–Crippen MR) is 56.1 cm³/mol. The number of hydrogen-bond donors (Lipinski definition) is 1. The molecule has 2 nitrogen and oxygen atoms in total. The predicted octanol–water partition coefficient (Wildman–Crippen LogP) is 2.35. The molecule has 0 aromatic carbocycles. The summed E-state index contributed by atoms with van der Waals surface area (Å²) in [6.07, 6.45) is 4.26. The van der Waals surface area contributed by atoms with Crippen molar-refractivity contribution < 1.29 is 9.84 Å². The summed E-state index contributed by atoms with van der Waals surface area (Å²) >= 11 is 0. The highest BCUT2D eigenvalue weighted by Crippen LogP contribution is 2.65. The largest absolute Gasteiger partial charge is 0.387 e. The lowest BCUT2D eigenvalue weighted by Crippen LogP contribution is -2.37. The average molecular weight is 198 g/mol. The second-order valence-electron chi connectivity index (χ2n) is 5.23. The second kappa shape index (κ2) is 3.21. The fourth-order valence-electron chi connectivity index (χ4n) is 2.72. The molecule has 0 bridgehead atoms. The minimum atomic E-state index is -0.486. The van der Waals surface area contributed by atoms with Gasteiger partial charge < -0.3 is 9.84 Å². The van der Waals surface area contributed by atoms with Crippen molar-refractivity contribution >= 4 is 0 Å². The Balaban J connectivity index is 1.92. The van der Waals surface area contributed by atoms with E-state index in [1.165, 1.54) is 6.42 Å². The first-order valence-corrected chi connectivity index (χ1v) is 5.93. The molecule has 2 fully saturated rings. The van der Waals surface area contributed by atoms with Crippen molar-refractivity contribution in [1.82, 2.24) is 0 Å². The third-order valence-electron chi connectivity index (χ3n) is 4.11. The second-order valence-corrected chi connectivity index (χ2v) is 5.23. The maximum atomic E-state index is 10.3. The Labute approximate surface area is 86.6 Å². The van der Waals surface area contributed by atoms with Gasteiger partial charge >= 0.3 is 0 Å². The molecule has 0 amide bonds. The van der Waals surface area contributed by atoms with Crippen LogP contribution in [0.15, 0.2) is 0 Å². The van der Waals surface area contributed by atoms with Gasteiger partial charge in [-0.05, 0) is 31.1 Å². The quantitative estimate of drug-likeness (QED) is 0.687. The van der Waals surface area contributed by atoms with E-state index in [4.69, 9.17) is 4.74 Å². The zero-order chi connectivity index (χ0) is 10.4. The van der Waals surface area contributed by atoms with Gasteiger partial charge in [-0.2, -0.15) is 0 Å². The summed E-state index contributed by atoms with van der Waals surface area (Å²) in [5.41, 5.74) is -0.651. The first-order valence-electron chi connectivity index (χ1n) is 5.93. The average Bonchev–Trinajstić information content (AvgIpc) is 2.95. The molecule has 0 spiro atoms. The van der Waals surface area contributed by atoms with E-state index >= 15 is 0 Å². The lowest BCUT2D eigenvalue weighted by Gasteiger charge is -2.24. The Kier molecular flexibility index (Phi) is 2.39. The Morgan fingerprint density at radius 1 is 1.29 bits per heavy atom. The zero-order valence-electron chi connectivity index (χ0n) is 9.55. The van der Waals surface area contributed by atoms with Crippen molar-refractivity contribution in [2.24, 2.45) is 11.8 Å². The maximum Gasteiger partial charge on any atom is 0.100 e. The van der Waals surface area contributed by atoms with Gasteiger partial charge in [0.15, 0.2) is 0 Å². The Bertz CT molecular complexity index is 228. The first-order chi connectivity index (χ1) is 6.57. The molecule has 2 aliphatic rings. The first kappa shape index (κ1) is 10.4. The van der Waals surface area contributed by atoms with E-state index in [1.807, 2.05) is 0 Å². The molecule has 0 aliphatic heterocycles. The van der Waals surface area contributed by atoms with Crippen LogP contribution < -0.4 is 0 Å². The zero-order valence-corrected chi connectivity index (χ0v) is 9.55. The van der Waals surface area contributed by atoms with Gasteiger partial charge in [-0.15, -0.1) is 0 Å². The molecule has 2 heteroatoms. The maximum absolute atomic E-state index is 10.3. The molecule has 2 aliphatic carbocycles. The molecule has 4 atom stereocenters. The summed E-state index contributed by atoms with van der Waals surface area (Å²) in [5, 5.41) is 10.3. The summed E-state index contributed by atoms with van der Waals surface area (Å²) < 4.78 is 5.94. The SMILES string of the molecule is CCCCOC1(C2(O)CC2C)CC1C. The van der Waals surface area contributed by atoms with Crippen molar-refractivity contribution in [2.45, 2.75) is 57.7 Å². The van der Waals surface area contributed by atoms with E-state index in [-0.39, 0.29) is 5.60 Å². The van der Waals surface area contributed by atoms with E-state index in [0.29, 0.717) is 11.8 Å². The smallest absolute Gasteiger partial charge is 0.100 e. The number of aliphatic hydroxyl groups is 1. The van der Waals surface area contributed by atoms with Gasteiger partial charge in [-0.3, -0.25) is 0 Å². The van der Waals surface area contributed by atoms with E-state index in [2.05, 4.69) is 20.8 Å². The Morgan fingerprint density at radius 3 is 2.21 bits per heavy atom. The third kappa shape index (κ3) is 1.31. The van der Waals surface area contributed by atoms with E-state index in [0.717, 1.165) is 25.9 Å². The molecule has 2 saturated carbocycles. The van der Waals surface area contributed by atoms with Crippen LogP contribution in [-0.4, -0.2) is 22.9 Å². The molecular weight excluding hydrogens is 176 g/mol. The van der Waals surface area contributed by atoms with Crippen LogP contribution in [0.2, 0.25) is 0 Å². The fourth-order valence-corrected chi connectivity index (χ4v) is 2.72. The molecular formula is C12H22O2. The van der Waals surface area contributed by atoms with Crippen LogP contribution in [0, 0.1) is 11.8 Å². The standard InChI is InChI=1S/C12H22O2/c1-4-5-6-14-12(8-10(12)3)11(13)7-9(11)2/h9-10,13H,4-8H2,1-3H3. The number of rotatable bonds is 5. The fraction of sp³-hybridized carbons (Fsp3) is 1.00. The lowest BCUT2D eigenvalue weighted by atomic mass is 10.1. The van der Waals surface area contributed by atoms with Crippen LogP contribution in [-0.2, 0) is 4.74 Å². The van der Waals surface area contributed by atoms with Gasteiger partial charge in [0.2, 0.25) is 0 Å². The Morgan fingerprint density at radius 2 is 1.86 bits per heavy atom. The highest BCUT2D eigenvalue weighted by Gasteiger charge is 2.74. The van der Waals surface area contributed by atoms with Gasteiger partial charge in [0, 0.05) is 6.61 Å². The third-order valence-corrected chi connectivity index (χ3v) is 4.11. The minimum Gasteiger partial charge on any atom is -0.387 e. The number of hydrogen-bond acceptors (Lipinski definition) is 2. The summed E-state index contributed by atoms with van der Waals surface area (Å²) in [5.74, 6) is 0.989. The molecule has 0 radical (unpaired) electrons. The van der Waals surface area contributed by atoms with Gasteiger partial charge in [0.1, 0.15) is 5.60 Å². The molecule has 0 saturated heterocycles. The van der Waals surface area contributed by atoms with Gasteiger partial charge in [0.25, 0.3) is 0 Å². The monoisotopic (exact) mass is 198 g/mol. The van der Waals surface area contributed by atoms with Crippen LogP contribution in [0.3, 0.4) is 0 Å². The number of ether oxygens (including phenoxy) is 1. The molecule has 2 rings (SSSR count). The molecule has 0 aromatic rings. The molecule has 4 unspecified atom stereocenters. The summed E-state index contributed by atoms with van der Waals surface area (Å²) in [7, 11) is 0. The van der Waals surface area contributed by atoms with Crippen LogP contribution in [0.4, 0.5) is 0 Å². The highest BCUT2D eigenvalue weighted by molar-refractivity contribution is 5.25. The van der Waals surface area contributed by atoms with E-state index in [1.54, 1.807) is 0 Å². The van der Waals surface area contributed by atoms with Crippen molar-refractivity contribution in [3.63, 3.8) is 0 Å². The lowest BCUT2D eigenvalue weighted by molar-refractivity contribution is -0.0881. The number of unbranched alkanes of at least 4 members (excludes halogenated alkanes) is 1. The van der Waals surface area contributed by atoms with E-state index < -0.39 is 5.60 Å². The van der Waals surface area contributed by atoms with Crippen molar-refractivity contribution in [3.8, 4) is 0 Å². The molecule has 1 N–H and O–H groups in total. The molecule has 82 valence electrons. The van der Waals surface area contributed by atoms with Crippen LogP contribution in [0.5, 0.6) is 0 Å². The van der Waals surface area contributed by atoms with Crippen LogP contribution in [0.25, 0.3) is 0 Å². The van der Waals surface area contributed by atoms with Crippen molar-refractivity contribution in [3.05, 3.63) is 0 Å². The van der Waals surface area contributed by atoms with Crippen molar-refractivity contribution in [1.29, 1.82) is 0 Å². The van der Waals surface area contributed by atoms with Crippen LogP contribution >= 0.6 is 0 Å². The molecule has 0 heterocycles. The normalized spacial score (nSPS) is 50.6. The highest BCUT2D eigenvalue weighted by atomic mass is 16.5. The summed E-state index contributed by atoms with van der Waals surface area (Å²) in [6.45, 7) is 7.29. The van der Waals surface area contributed by atoms with Crippen molar-refractivity contribution in [2.75, 3.05) is 6.61 Å². The molecule has 14 heavy (non-hydrogen) atoms. The molecule has 0 aromatic heterocycles. The van der Waals surface area contributed by atoms with Gasteiger partial charge in [-0.1, -0.05) is 27.2 Å². The van der Waals surface area contributed by atoms with E-state index in [9.17, 15) is 5.11 Å². The summed E-state index contributed by atoms with van der Waals surface area (Å²) in [4.78, 5) is 0. The van der Waals surface area contributed by atoms with Gasteiger partial charge in [0.05, 0.1) is 5.60 Å². The minimum absolute atomic E-state index is 0.165. The Hall–Kier alpha value is -0.0800. The van der Waals surface area contributed by atoms with Gasteiger partial charge in [-0.25, -0.2) is 0 Å². The topological polar surface area (TPSA) is 29.5 Å². The van der Waals surface area contributed by atoms with Crippen LogP contribution in [0.1, 0.15) is 46.5 Å². The summed E-state index contributed by atoms with van der Waals surface area (Å²) in [6, 6.07) is 0.